The first-order valence-electron chi connectivity index (χ1n) is 2.95. The third-order valence-electron chi connectivity index (χ3n) is 1.84. The number of carbonyl (C=O) groups excluding carboxylic acids is 1. The highest BCUT2D eigenvalue weighted by Crippen LogP contribution is 2.31. The summed E-state index contributed by atoms with van der Waals surface area (Å²) < 4.78 is 12.4. The van der Waals surface area contributed by atoms with Crippen LogP contribution in [0, 0.1) is 5.92 Å². The zero-order valence-electron chi connectivity index (χ0n) is 4.73. The molecule has 1 heterocycles. The lowest BCUT2D eigenvalue weighted by atomic mass is 10.1. The molecule has 48 valence electrons. The fourth-order valence-corrected chi connectivity index (χ4v) is 1.33. The maximum absolute atomic E-state index is 12.4. The molecule has 2 nitrogen and oxygen atoms in total. The Bertz CT molecular complexity index is 199. The second-order valence-corrected chi connectivity index (χ2v) is 2.45. The summed E-state index contributed by atoms with van der Waals surface area (Å²) in [5.74, 6) is -0.365. The van der Waals surface area contributed by atoms with Crippen LogP contribution in [0.4, 0.5) is 4.39 Å². The van der Waals surface area contributed by atoms with Crippen molar-refractivity contribution in [3.63, 3.8) is 0 Å². The van der Waals surface area contributed by atoms with Crippen molar-refractivity contribution in [3.05, 3.63) is 11.9 Å². The van der Waals surface area contributed by atoms with E-state index < -0.39 is 0 Å². The summed E-state index contributed by atoms with van der Waals surface area (Å²) in [6.07, 6.45) is 2.04. The number of fused-ring (bicyclic) bond motifs is 2. The van der Waals surface area contributed by atoms with Gasteiger partial charge in [-0.1, -0.05) is 0 Å². The molecule has 0 spiro atoms. The van der Waals surface area contributed by atoms with E-state index >= 15 is 0 Å². The Kier molecular flexibility index (Phi) is 0.743. The fourth-order valence-electron chi connectivity index (χ4n) is 1.33. The Labute approximate surface area is 51.7 Å². The molecule has 1 amide bonds. The molecule has 1 aliphatic carbocycles. The highest BCUT2D eigenvalue weighted by Gasteiger charge is 2.39. The van der Waals surface area contributed by atoms with Gasteiger partial charge in [-0.3, -0.25) is 4.79 Å². The molecule has 0 unspecified atom stereocenters. The summed E-state index contributed by atoms with van der Waals surface area (Å²) in [6.45, 7) is 0. The summed E-state index contributed by atoms with van der Waals surface area (Å²) in [5, 5.41) is 2.52. The zero-order valence-corrected chi connectivity index (χ0v) is 4.73. The van der Waals surface area contributed by atoms with Gasteiger partial charge >= 0.3 is 0 Å². The van der Waals surface area contributed by atoms with Crippen LogP contribution < -0.4 is 5.32 Å². The molecule has 1 N–H and O–H groups in total. The first kappa shape index (κ1) is 4.97. The Morgan fingerprint density at radius 2 is 2.56 bits per heavy atom. The number of rotatable bonds is 0. The minimum Gasteiger partial charge on any atom is -0.346 e. The van der Waals surface area contributed by atoms with E-state index in [1.54, 1.807) is 0 Å². The van der Waals surface area contributed by atoms with Crippen LogP contribution in [-0.4, -0.2) is 11.9 Å². The summed E-state index contributed by atoms with van der Waals surface area (Å²) in [5.41, 5.74) is 0. The molecule has 1 fully saturated rings. The summed E-state index contributed by atoms with van der Waals surface area (Å²) in [6, 6.07) is -0.289. The lowest BCUT2D eigenvalue weighted by Gasteiger charge is -2.05. The van der Waals surface area contributed by atoms with Crippen LogP contribution in [0.15, 0.2) is 11.9 Å². The molecule has 0 radical (unpaired) electrons. The monoisotopic (exact) mass is 127 g/mol. The zero-order chi connectivity index (χ0) is 6.43. The van der Waals surface area contributed by atoms with E-state index in [1.807, 2.05) is 0 Å². The number of hydrogen-bond donors (Lipinski definition) is 1. The van der Waals surface area contributed by atoms with E-state index in [0.717, 1.165) is 0 Å². The molecule has 2 aliphatic rings. The Hall–Kier alpha value is -0.860. The van der Waals surface area contributed by atoms with Gasteiger partial charge in [-0.25, -0.2) is 4.39 Å². The second-order valence-electron chi connectivity index (χ2n) is 2.45. The average Bonchev–Trinajstić information content (AvgIpc) is 2.24. The number of hydrogen-bond acceptors (Lipinski definition) is 1. The van der Waals surface area contributed by atoms with E-state index in [4.69, 9.17) is 0 Å². The van der Waals surface area contributed by atoms with Gasteiger partial charge in [0.1, 0.15) is 5.83 Å². The molecule has 3 heteroatoms. The van der Waals surface area contributed by atoms with E-state index in [2.05, 4.69) is 5.32 Å². The molecule has 0 saturated carbocycles. The van der Waals surface area contributed by atoms with Crippen molar-refractivity contribution >= 4 is 5.91 Å². The van der Waals surface area contributed by atoms with E-state index in [-0.39, 0.29) is 23.7 Å². The van der Waals surface area contributed by atoms with Crippen LogP contribution in [0.1, 0.15) is 6.42 Å². The molecule has 2 bridgehead atoms. The Morgan fingerprint density at radius 3 is 2.89 bits per heavy atom. The largest absolute Gasteiger partial charge is 0.346 e. The Balaban J connectivity index is 2.35. The van der Waals surface area contributed by atoms with Crippen LogP contribution in [-0.2, 0) is 4.79 Å². The first-order chi connectivity index (χ1) is 4.27. The fraction of sp³-hybridized carbons (Fsp3) is 0.500. The topological polar surface area (TPSA) is 29.1 Å². The minimum absolute atomic E-state index is 0.0265. The third kappa shape index (κ3) is 0.515. The summed E-state index contributed by atoms with van der Waals surface area (Å²) in [4.78, 5) is 10.7. The van der Waals surface area contributed by atoms with E-state index in [9.17, 15) is 9.18 Å². The molecule has 1 saturated heterocycles. The molecule has 2 atom stereocenters. The molecule has 0 aromatic heterocycles. The average molecular weight is 127 g/mol. The van der Waals surface area contributed by atoms with Gasteiger partial charge in [-0.2, -0.15) is 0 Å². The van der Waals surface area contributed by atoms with Gasteiger partial charge in [0, 0.05) is 0 Å². The molecular weight excluding hydrogens is 121 g/mol. The van der Waals surface area contributed by atoms with Crippen LogP contribution in [0.5, 0.6) is 0 Å². The molecule has 0 aromatic rings. The molecule has 9 heavy (non-hydrogen) atoms. The van der Waals surface area contributed by atoms with Crippen molar-refractivity contribution in [2.24, 2.45) is 5.92 Å². The second kappa shape index (κ2) is 1.35. The number of nitrogens with one attached hydrogen (secondary N) is 1. The van der Waals surface area contributed by atoms with Crippen LogP contribution in [0.25, 0.3) is 0 Å². The minimum atomic E-state index is -0.289. The van der Waals surface area contributed by atoms with Gasteiger partial charge in [0.15, 0.2) is 0 Å². The lowest BCUT2D eigenvalue weighted by molar-refractivity contribution is -0.121. The van der Waals surface area contributed by atoms with Crippen LogP contribution in [0.2, 0.25) is 0 Å². The predicted octanol–water partition coefficient (Wildman–Crippen LogP) is 0.358. The summed E-state index contributed by atoms with van der Waals surface area (Å²) >= 11 is 0. The molecule has 0 aromatic carbocycles. The van der Waals surface area contributed by atoms with Gasteiger partial charge in [0.25, 0.3) is 0 Å². The van der Waals surface area contributed by atoms with Crippen molar-refractivity contribution in [1.29, 1.82) is 0 Å². The van der Waals surface area contributed by atoms with Crippen molar-refractivity contribution < 1.29 is 9.18 Å². The molecule has 1 aliphatic heterocycles. The van der Waals surface area contributed by atoms with Crippen molar-refractivity contribution in [2.75, 3.05) is 0 Å². The quantitative estimate of drug-likeness (QED) is 0.500. The smallest absolute Gasteiger partial charge is 0.227 e. The molecular formula is C6H6FNO. The van der Waals surface area contributed by atoms with Gasteiger partial charge in [-0.15, -0.1) is 0 Å². The number of amides is 1. The van der Waals surface area contributed by atoms with Crippen molar-refractivity contribution in [2.45, 2.75) is 12.5 Å². The van der Waals surface area contributed by atoms with Gasteiger partial charge in [0.2, 0.25) is 5.91 Å². The van der Waals surface area contributed by atoms with E-state index in [0.29, 0.717) is 6.42 Å². The number of halogens is 1. The highest BCUT2D eigenvalue weighted by atomic mass is 19.1. The van der Waals surface area contributed by atoms with Gasteiger partial charge in [0.05, 0.1) is 12.0 Å². The highest BCUT2D eigenvalue weighted by molar-refractivity contribution is 5.85. The van der Waals surface area contributed by atoms with Gasteiger partial charge < -0.3 is 5.32 Å². The SMILES string of the molecule is O=C1N[C@H]2C[C@@H]1C=C2F. The normalized spacial score (nSPS) is 38.8. The van der Waals surface area contributed by atoms with E-state index in [1.165, 1.54) is 6.08 Å². The van der Waals surface area contributed by atoms with Crippen LogP contribution in [0.3, 0.4) is 0 Å². The predicted molar refractivity (Wildman–Crippen MR) is 29.2 cm³/mol. The van der Waals surface area contributed by atoms with Crippen molar-refractivity contribution in [3.8, 4) is 0 Å². The lowest BCUT2D eigenvalue weighted by Crippen LogP contribution is -2.29. The Morgan fingerprint density at radius 1 is 1.78 bits per heavy atom. The number of carbonyl (C=O) groups is 1. The summed E-state index contributed by atoms with van der Waals surface area (Å²) in [7, 11) is 0. The maximum Gasteiger partial charge on any atom is 0.227 e. The van der Waals surface area contributed by atoms with Gasteiger partial charge in [-0.05, 0) is 12.5 Å². The first-order valence-corrected chi connectivity index (χ1v) is 2.95. The maximum atomic E-state index is 12.4. The third-order valence-corrected chi connectivity index (χ3v) is 1.84. The molecule has 2 rings (SSSR count). The van der Waals surface area contributed by atoms with Crippen LogP contribution >= 0.6 is 0 Å². The van der Waals surface area contributed by atoms with Crippen molar-refractivity contribution in [1.82, 2.24) is 5.32 Å². The standard InChI is InChI=1S/C6H6FNO/c7-4-1-3-2-5(4)8-6(3)9/h1,3,5H,2H2,(H,8,9)/t3-,5-/m0/s1.